The van der Waals surface area contributed by atoms with Crippen LogP contribution in [0, 0.1) is 0 Å². The van der Waals surface area contributed by atoms with Gasteiger partial charge in [0.15, 0.2) is 11.5 Å². The van der Waals surface area contributed by atoms with Crippen molar-refractivity contribution in [1.82, 2.24) is 10.2 Å². The van der Waals surface area contributed by atoms with Gasteiger partial charge in [-0.2, -0.15) is 0 Å². The number of ether oxygens (including phenoxy) is 2. The van der Waals surface area contributed by atoms with Crippen molar-refractivity contribution < 1.29 is 14.3 Å². The largest absolute Gasteiger partial charge is 0.454 e. The quantitative estimate of drug-likeness (QED) is 0.763. The number of nitrogens with zero attached hydrogens (tertiary/aromatic N) is 1. The molecule has 1 atom stereocenters. The van der Waals surface area contributed by atoms with Gasteiger partial charge in [-0.25, -0.2) is 0 Å². The Bertz CT molecular complexity index is 813. The minimum atomic E-state index is -0.121. The molecule has 1 amide bonds. The summed E-state index contributed by atoms with van der Waals surface area (Å²) in [5.41, 5.74) is 3.40. The second-order valence-corrected chi connectivity index (χ2v) is 6.77. The highest BCUT2D eigenvalue weighted by molar-refractivity contribution is 5.91. The van der Waals surface area contributed by atoms with Crippen LogP contribution in [-0.4, -0.2) is 38.2 Å². The lowest BCUT2D eigenvalue weighted by atomic mass is 10.0. The lowest BCUT2D eigenvalue weighted by Gasteiger charge is -2.25. The van der Waals surface area contributed by atoms with Crippen LogP contribution in [0.1, 0.15) is 29.7 Å². The molecule has 27 heavy (non-hydrogen) atoms. The molecule has 0 aliphatic carbocycles. The summed E-state index contributed by atoms with van der Waals surface area (Å²) in [7, 11) is 4.04. The van der Waals surface area contributed by atoms with Crippen LogP contribution in [0.3, 0.4) is 0 Å². The molecule has 142 valence electrons. The third-order valence-corrected chi connectivity index (χ3v) is 4.69. The predicted octanol–water partition coefficient (Wildman–Crippen LogP) is 3.41. The summed E-state index contributed by atoms with van der Waals surface area (Å²) < 4.78 is 10.6. The zero-order valence-corrected chi connectivity index (χ0v) is 16.1. The molecule has 5 nitrogen and oxygen atoms in total. The van der Waals surface area contributed by atoms with Gasteiger partial charge in [-0.1, -0.05) is 37.3 Å². The first-order valence-electron chi connectivity index (χ1n) is 9.17. The molecule has 2 aromatic rings. The van der Waals surface area contributed by atoms with Crippen LogP contribution < -0.4 is 14.8 Å². The first-order valence-corrected chi connectivity index (χ1v) is 9.17. The van der Waals surface area contributed by atoms with Crippen LogP contribution in [0.25, 0.3) is 6.08 Å². The van der Waals surface area contributed by atoms with Gasteiger partial charge in [0.2, 0.25) is 12.7 Å². The van der Waals surface area contributed by atoms with Crippen LogP contribution in [0.4, 0.5) is 0 Å². The minimum absolute atomic E-state index is 0.121. The third-order valence-electron chi connectivity index (χ3n) is 4.69. The van der Waals surface area contributed by atoms with Gasteiger partial charge in [0, 0.05) is 12.6 Å². The molecule has 0 fully saturated rings. The SMILES string of the molecule is CCc1ccc(C(CNC(=O)/C=C/c2ccc3c(c2)OCO3)N(C)C)cc1. The monoisotopic (exact) mass is 366 g/mol. The molecule has 1 unspecified atom stereocenters. The molecule has 1 aliphatic heterocycles. The van der Waals surface area contributed by atoms with Gasteiger partial charge in [0.1, 0.15) is 0 Å². The second-order valence-electron chi connectivity index (χ2n) is 6.77. The standard InChI is InChI=1S/C22H26N2O3/c1-4-16-5-9-18(10-6-16)19(24(2)3)14-23-22(25)12-8-17-7-11-20-21(13-17)27-15-26-20/h5-13,19H,4,14-15H2,1-3H3,(H,23,25)/b12-8+. The Labute approximate surface area is 160 Å². The van der Waals surface area contributed by atoms with Gasteiger partial charge < -0.3 is 19.7 Å². The number of aryl methyl sites for hydroxylation is 1. The fourth-order valence-electron chi connectivity index (χ4n) is 3.02. The second kappa shape index (κ2) is 8.73. The summed E-state index contributed by atoms with van der Waals surface area (Å²) in [5.74, 6) is 1.32. The van der Waals surface area contributed by atoms with E-state index in [1.165, 1.54) is 11.1 Å². The maximum atomic E-state index is 12.2. The molecule has 1 aliphatic rings. The fraction of sp³-hybridized carbons (Fsp3) is 0.318. The molecule has 1 heterocycles. The molecule has 0 radical (unpaired) electrons. The number of hydrogen-bond donors (Lipinski definition) is 1. The van der Waals surface area contributed by atoms with Crippen LogP contribution >= 0.6 is 0 Å². The Morgan fingerprint density at radius 3 is 2.59 bits per heavy atom. The van der Waals surface area contributed by atoms with E-state index in [-0.39, 0.29) is 18.7 Å². The number of hydrogen-bond acceptors (Lipinski definition) is 4. The third kappa shape index (κ3) is 4.89. The van der Waals surface area contributed by atoms with E-state index in [9.17, 15) is 4.79 Å². The van der Waals surface area contributed by atoms with Crippen LogP contribution in [0.5, 0.6) is 11.5 Å². The fourth-order valence-corrected chi connectivity index (χ4v) is 3.02. The predicted molar refractivity (Wildman–Crippen MR) is 107 cm³/mol. The zero-order chi connectivity index (χ0) is 19.2. The lowest BCUT2D eigenvalue weighted by Crippen LogP contribution is -2.33. The van der Waals surface area contributed by atoms with Crippen LogP contribution in [0.15, 0.2) is 48.5 Å². The lowest BCUT2D eigenvalue weighted by molar-refractivity contribution is -0.116. The average molecular weight is 366 g/mol. The number of likely N-dealkylation sites (N-methyl/N-ethyl adjacent to an activating group) is 1. The van der Waals surface area contributed by atoms with E-state index in [1.807, 2.05) is 32.3 Å². The van der Waals surface area contributed by atoms with E-state index in [0.29, 0.717) is 12.3 Å². The van der Waals surface area contributed by atoms with Gasteiger partial charge in [-0.15, -0.1) is 0 Å². The molecular weight excluding hydrogens is 340 g/mol. The smallest absolute Gasteiger partial charge is 0.244 e. The number of fused-ring (bicyclic) bond motifs is 1. The highest BCUT2D eigenvalue weighted by Gasteiger charge is 2.15. The number of carbonyl (C=O) groups is 1. The highest BCUT2D eigenvalue weighted by Crippen LogP contribution is 2.32. The first-order chi connectivity index (χ1) is 13.1. The van der Waals surface area contributed by atoms with E-state index >= 15 is 0 Å². The maximum Gasteiger partial charge on any atom is 0.244 e. The van der Waals surface area contributed by atoms with Crippen molar-refractivity contribution in [3.63, 3.8) is 0 Å². The molecular formula is C22H26N2O3. The van der Waals surface area contributed by atoms with Gasteiger partial charge in [-0.05, 0) is 55.4 Å². The molecule has 0 bridgehead atoms. The van der Waals surface area contributed by atoms with Crippen molar-refractivity contribution >= 4 is 12.0 Å². The number of amides is 1. The van der Waals surface area contributed by atoms with Crippen LogP contribution in [-0.2, 0) is 11.2 Å². The van der Waals surface area contributed by atoms with Crippen molar-refractivity contribution in [2.24, 2.45) is 0 Å². The number of nitrogens with one attached hydrogen (secondary N) is 1. The van der Waals surface area contributed by atoms with Crippen molar-refractivity contribution in [2.75, 3.05) is 27.4 Å². The molecule has 3 rings (SSSR count). The molecule has 0 saturated heterocycles. The summed E-state index contributed by atoms with van der Waals surface area (Å²) in [6, 6.07) is 14.3. The van der Waals surface area contributed by atoms with E-state index in [1.54, 1.807) is 12.2 Å². The normalized spacial score (nSPS) is 13.9. The average Bonchev–Trinajstić information content (AvgIpc) is 3.14. The van der Waals surface area contributed by atoms with Crippen molar-refractivity contribution in [1.29, 1.82) is 0 Å². The summed E-state index contributed by atoms with van der Waals surface area (Å²) in [5, 5.41) is 2.99. The molecule has 0 saturated carbocycles. The number of rotatable bonds is 7. The number of carbonyl (C=O) groups excluding carboxylic acids is 1. The Morgan fingerprint density at radius 1 is 1.15 bits per heavy atom. The van der Waals surface area contributed by atoms with Gasteiger partial charge in [-0.3, -0.25) is 4.79 Å². The molecule has 5 heteroatoms. The van der Waals surface area contributed by atoms with E-state index in [4.69, 9.17) is 9.47 Å². The first kappa shape index (κ1) is 19.0. The maximum absolute atomic E-state index is 12.2. The van der Waals surface area contributed by atoms with E-state index in [0.717, 1.165) is 17.7 Å². The topological polar surface area (TPSA) is 50.8 Å². The molecule has 0 spiro atoms. The summed E-state index contributed by atoms with van der Waals surface area (Å²) in [6.45, 7) is 2.93. The van der Waals surface area contributed by atoms with E-state index < -0.39 is 0 Å². The molecule has 1 N–H and O–H groups in total. The Kier molecular flexibility index (Phi) is 6.14. The van der Waals surface area contributed by atoms with Gasteiger partial charge >= 0.3 is 0 Å². The van der Waals surface area contributed by atoms with Crippen molar-refractivity contribution in [3.8, 4) is 11.5 Å². The zero-order valence-electron chi connectivity index (χ0n) is 16.1. The van der Waals surface area contributed by atoms with E-state index in [2.05, 4.69) is 41.4 Å². The van der Waals surface area contributed by atoms with Gasteiger partial charge in [0.25, 0.3) is 0 Å². The highest BCUT2D eigenvalue weighted by atomic mass is 16.7. The molecule has 2 aromatic carbocycles. The van der Waals surface area contributed by atoms with Crippen molar-refractivity contribution in [3.05, 3.63) is 65.2 Å². The summed E-state index contributed by atoms with van der Waals surface area (Å²) in [4.78, 5) is 14.4. The molecule has 0 aromatic heterocycles. The van der Waals surface area contributed by atoms with Crippen molar-refractivity contribution in [2.45, 2.75) is 19.4 Å². The minimum Gasteiger partial charge on any atom is -0.454 e. The van der Waals surface area contributed by atoms with Crippen LogP contribution in [0.2, 0.25) is 0 Å². The summed E-state index contributed by atoms with van der Waals surface area (Å²) in [6.07, 6.45) is 4.34. The van der Waals surface area contributed by atoms with Gasteiger partial charge in [0.05, 0.1) is 6.04 Å². The summed E-state index contributed by atoms with van der Waals surface area (Å²) >= 11 is 0. The Hall–Kier alpha value is -2.79. The Balaban J connectivity index is 1.58. The Morgan fingerprint density at radius 2 is 1.89 bits per heavy atom. The number of benzene rings is 2.